The first-order valence-electron chi connectivity index (χ1n) is 3.59. The third kappa shape index (κ3) is 0.870. The summed E-state index contributed by atoms with van der Waals surface area (Å²) in [6.07, 6.45) is 3.13. The van der Waals surface area contributed by atoms with E-state index in [0.29, 0.717) is 0 Å². The maximum Gasteiger partial charge on any atom is 0.152 e. The molecule has 0 aliphatic heterocycles. The van der Waals surface area contributed by atoms with E-state index in [-0.39, 0.29) is 5.41 Å². The molecule has 1 saturated carbocycles. The fourth-order valence-corrected chi connectivity index (χ4v) is 1.12. The van der Waals surface area contributed by atoms with Crippen LogP contribution in [0.15, 0.2) is 0 Å². The first kappa shape index (κ1) is 7.73. The van der Waals surface area contributed by atoms with Crippen LogP contribution in [0, 0.1) is 5.41 Å². The Kier molecular flexibility index (Phi) is 1.59. The molecule has 1 aliphatic rings. The molecule has 0 amide bonds. The van der Waals surface area contributed by atoms with E-state index in [9.17, 15) is 4.79 Å². The van der Waals surface area contributed by atoms with E-state index in [4.69, 9.17) is 4.74 Å². The minimum atomic E-state index is -0.549. The molecular formula is C8H14O2. The second kappa shape index (κ2) is 2.06. The zero-order valence-corrected chi connectivity index (χ0v) is 6.81. The molecule has 2 nitrogen and oxygen atoms in total. The summed E-state index contributed by atoms with van der Waals surface area (Å²) in [5, 5.41) is 0. The van der Waals surface area contributed by atoms with Gasteiger partial charge in [-0.3, -0.25) is 0 Å². The topological polar surface area (TPSA) is 26.3 Å². The van der Waals surface area contributed by atoms with Gasteiger partial charge in [0.1, 0.15) is 5.60 Å². The van der Waals surface area contributed by atoms with E-state index >= 15 is 0 Å². The summed E-state index contributed by atoms with van der Waals surface area (Å²) >= 11 is 0. The SMILES string of the molecule is COC(C)(C=O)C1(C)CC1. The van der Waals surface area contributed by atoms with Crippen LogP contribution >= 0.6 is 0 Å². The van der Waals surface area contributed by atoms with Crippen LogP contribution in [0.1, 0.15) is 26.7 Å². The lowest BCUT2D eigenvalue weighted by atomic mass is 9.89. The van der Waals surface area contributed by atoms with Gasteiger partial charge in [0.05, 0.1) is 0 Å². The van der Waals surface area contributed by atoms with Crippen molar-refractivity contribution in [2.75, 3.05) is 7.11 Å². The van der Waals surface area contributed by atoms with Crippen molar-refractivity contribution in [2.24, 2.45) is 5.41 Å². The van der Waals surface area contributed by atoms with Gasteiger partial charge in [-0.05, 0) is 19.8 Å². The number of carbonyl (C=O) groups excluding carboxylic acids is 1. The monoisotopic (exact) mass is 142 g/mol. The highest BCUT2D eigenvalue weighted by atomic mass is 16.5. The normalized spacial score (nSPS) is 27.1. The minimum Gasteiger partial charge on any atom is -0.370 e. The number of methoxy groups -OCH3 is 1. The molecule has 0 radical (unpaired) electrons. The Balaban J connectivity index is 2.72. The highest BCUT2D eigenvalue weighted by molar-refractivity contribution is 5.64. The van der Waals surface area contributed by atoms with Crippen LogP contribution < -0.4 is 0 Å². The number of hydrogen-bond acceptors (Lipinski definition) is 2. The molecule has 0 bridgehead atoms. The van der Waals surface area contributed by atoms with Crippen molar-refractivity contribution in [1.82, 2.24) is 0 Å². The van der Waals surface area contributed by atoms with Gasteiger partial charge in [-0.1, -0.05) is 6.92 Å². The van der Waals surface area contributed by atoms with E-state index in [1.54, 1.807) is 7.11 Å². The molecule has 0 N–H and O–H groups in total. The van der Waals surface area contributed by atoms with Gasteiger partial charge >= 0.3 is 0 Å². The molecule has 58 valence electrons. The largest absolute Gasteiger partial charge is 0.370 e. The van der Waals surface area contributed by atoms with Crippen molar-refractivity contribution in [1.29, 1.82) is 0 Å². The number of rotatable bonds is 3. The van der Waals surface area contributed by atoms with Crippen molar-refractivity contribution >= 4 is 6.29 Å². The summed E-state index contributed by atoms with van der Waals surface area (Å²) in [7, 11) is 1.60. The van der Waals surface area contributed by atoms with Crippen molar-refractivity contribution in [2.45, 2.75) is 32.3 Å². The van der Waals surface area contributed by atoms with Crippen molar-refractivity contribution in [3.63, 3.8) is 0 Å². The molecule has 0 aromatic rings. The molecule has 0 saturated heterocycles. The summed E-state index contributed by atoms with van der Waals surface area (Å²) < 4.78 is 5.15. The second-order valence-electron chi connectivity index (χ2n) is 3.49. The maximum absolute atomic E-state index is 10.6. The van der Waals surface area contributed by atoms with Crippen molar-refractivity contribution < 1.29 is 9.53 Å². The maximum atomic E-state index is 10.6. The van der Waals surface area contributed by atoms with Crippen LogP contribution in [-0.2, 0) is 9.53 Å². The van der Waals surface area contributed by atoms with Gasteiger partial charge in [0.2, 0.25) is 0 Å². The summed E-state index contributed by atoms with van der Waals surface area (Å²) in [4.78, 5) is 10.6. The summed E-state index contributed by atoms with van der Waals surface area (Å²) in [5.74, 6) is 0. The molecule has 1 unspecified atom stereocenters. The average molecular weight is 142 g/mol. The lowest BCUT2D eigenvalue weighted by molar-refractivity contribution is -0.133. The smallest absolute Gasteiger partial charge is 0.152 e. The minimum absolute atomic E-state index is 0.115. The fraction of sp³-hybridized carbons (Fsp3) is 0.875. The summed E-state index contributed by atoms with van der Waals surface area (Å²) in [6, 6.07) is 0. The first-order valence-corrected chi connectivity index (χ1v) is 3.59. The zero-order valence-electron chi connectivity index (χ0n) is 6.81. The number of ether oxygens (including phenoxy) is 1. The zero-order chi connectivity index (χ0) is 7.83. The highest BCUT2D eigenvalue weighted by Gasteiger charge is 2.53. The Morgan fingerprint density at radius 3 is 2.20 bits per heavy atom. The number of hydrogen-bond donors (Lipinski definition) is 0. The Morgan fingerprint density at radius 2 is 2.10 bits per heavy atom. The van der Waals surface area contributed by atoms with Crippen LogP contribution in [0.5, 0.6) is 0 Å². The molecule has 1 atom stereocenters. The Morgan fingerprint density at radius 1 is 1.60 bits per heavy atom. The van der Waals surface area contributed by atoms with Gasteiger partial charge in [-0.15, -0.1) is 0 Å². The van der Waals surface area contributed by atoms with Crippen molar-refractivity contribution in [3.8, 4) is 0 Å². The second-order valence-corrected chi connectivity index (χ2v) is 3.49. The van der Waals surface area contributed by atoms with Gasteiger partial charge in [-0.25, -0.2) is 0 Å². The van der Waals surface area contributed by atoms with E-state index in [2.05, 4.69) is 6.92 Å². The van der Waals surface area contributed by atoms with Gasteiger partial charge < -0.3 is 9.53 Å². The summed E-state index contributed by atoms with van der Waals surface area (Å²) in [5.41, 5.74) is -0.434. The van der Waals surface area contributed by atoms with Gasteiger partial charge in [0.15, 0.2) is 6.29 Å². The predicted octanol–water partition coefficient (Wildman–Crippen LogP) is 1.39. The number of carbonyl (C=O) groups is 1. The Hall–Kier alpha value is -0.370. The Labute approximate surface area is 61.6 Å². The molecule has 2 heteroatoms. The van der Waals surface area contributed by atoms with Gasteiger partial charge in [-0.2, -0.15) is 0 Å². The van der Waals surface area contributed by atoms with E-state index in [1.165, 1.54) is 0 Å². The molecular weight excluding hydrogens is 128 g/mol. The van der Waals surface area contributed by atoms with Crippen LogP contribution in [0.4, 0.5) is 0 Å². The molecule has 0 aromatic carbocycles. The van der Waals surface area contributed by atoms with Crippen LogP contribution in [0.3, 0.4) is 0 Å². The fourth-order valence-electron chi connectivity index (χ4n) is 1.12. The standard InChI is InChI=1S/C8H14O2/c1-7(4-5-7)8(2,6-9)10-3/h6H,4-5H2,1-3H3. The molecule has 1 rings (SSSR count). The van der Waals surface area contributed by atoms with E-state index in [0.717, 1.165) is 19.1 Å². The van der Waals surface area contributed by atoms with Crippen LogP contribution in [0.2, 0.25) is 0 Å². The van der Waals surface area contributed by atoms with E-state index in [1.807, 2.05) is 6.92 Å². The number of aldehydes is 1. The van der Waals surface area contributed by atoms with Gasteiger partial charge in [0, 0.05) is 12.5 Å². The predicted molar refractivity (Wildman–Crippen MR) is 38.8 cm³/mol. The lowest BCUT2D eigenvalue weighted by Gasteiger charge is -2.28. The molecule has 10 heavy (non-hydrogen) atoms. The quantitative estimate of drug-likeness (QED) is 0.556. The lowest BCUT2D eigenvalue weighted by Crippen LogP contribution is -2.38. The molecule has 1 aliphatic carbocycles. The first-order chi connectivity index (χ1) is 4.58. The van der Waals surface area contributed by atoms with Crippen LogP contribution in [-0.4, -0.2) is 19.0 Å². The molecule has 1 fully saturated rings. The summed E-state index contributed by atoms with van der Waals surface area (Å²) in [6.45, 7) is 3.94. The van der Waals surface area contributed by atoms with E-state index < -0.39 is 5.60 Å². The van der Waals surface area contributed by atoms with Crippen LogP contribution in [0.25, 0.3) is 0 Å². The molecule has 0 heterocycles. The van der Waals surface area contributed by atoms with Crippen molar-refractivity contribution in [3.05, 3.63) is 0 Å². The third-order valence-corrected chi connectivity index (χ3v) is 2.85. The highest BCUT2D eigenvalue weighted by Crippen LogP contribution is 2.54. The third-order valence-electron chi connectivity index (χ3n) is 2.85. The molecule has 0 spiro atoms. The van der Waals surface area contributed by atoms with Gasteiger partial charge in [0.25, 0.3) is 0 Å². The average Bonchev–Trinajstić information content (AvgIpc) is 2.68. The Bertz CT molecular complexity index is 149. The molecule has 0 aromatic heterocycles.